The first kappa shape index (κ1) is 24.5. The first-order chi connectivity index (χ1) is 15.9. The molecule has 8 heteroatoms. The van der Waals surface area contributed by atoms with Crippen molar-refractivity contribution in [3.05, 3.63) is 81.3 Å². The molecular formula is C25H23BrClNO5. The van der Waals surface area contributed by atoms with Crippen LogP contribution in [0.15, 0.2) is 65.1 Å². The quantitative estimate of drug-likeness (QED) is 0.325. The molecule has 0 heterocycles. The van der Waals surface area contributed by atoms with E-state index in [1.807, 2.05) is 30.3 Å². The molecule has 0 aliphatic rings. The van der Waals surface area contributed by atoms with Gasteiger partial charge >= 0.3 is 0 Å². The Bertz CT molecular complexity index is 1150. The fourth-order valence-electron chi connectivity index (χ4n) is 2.95. The Morgan fingerprint density at radius 3 is 2.27 bits per heavy atom. The Hall–Kier alpha value is -3.16. The number of hydrogen-bond donors (Lipinski definition) is 1. The highest BCUT2D eigenvalue weighted by molar-refractivity contribution is 9.10. The topological polar surface area (TPSA) is 66.0 Å². The van der Waals surface area contributed by atoms with Gasteiger partial charge in [-0.3, -0.25) is 4.79 Å². The van der Waals surface area contributed by atoms with Crippen LogP contribution in [0.2, 0.25) is 5.02 Å². The molecule has 3 rings (SSSR count). The van der Waals surface area contributed by atoms with E-state index < -0.39 is 0 Å². The third-order valence-electron chi connectivity index (χ3n) is 4.65. The lowest BCUT2D eigenvalue weighted by molar-refractivity contribution is -0.111. The van der Waals surface area contributed by atoms with E-state index in [0.717, 1.165) is 15.6 Å². The summed E-state index contributed by atoms with van der Waals surface area (Å²) in [6.07, 6.45) is 3.11. The van der Waals surface area contributed by atoms with Crippen LogP contribution in [0, 0.1) is 0 Å². The predicted molar refractivity (Wildman–Crippen MR) is 134 cm³/mol. The van der Waals surface area contributed by atoms with E-state index in [2.05, 4.69) is 21.2 Å². The molecular weight excluding hydrogens is 510 g/mol. The van der Waals surface area contributed by atoms with Crippen molar-refractivity contribution >= 4 is 45.2 Å². The molecule has 0 unspecified atom stereocenters. The molecule has 172 valence electrons. The molecule has 0 bridgehead atoms. The minimum absolute atomic E-state index is 0.320. The molecule has 0 aliphatic carbocycles. The lowest BCUT2D eigenvalue weighted by atomic mass is 10.2. The van der Waals surface area contributed by atoms with Crippen LogP contribution < -0.4 is 24.3 Å². The van der Waals surface area contributed by atoms with Crippen LogP contribution in [0.25, 0.3) is 6.08 Å². The maximum atomic E-state index is 12.5. The van der Waals surface area contributed by atoms with Crippen molar-refractivity contribution in [2.45, 2.75) is 6.61 Å². The van der Waals surface area contributed by atoms with Crippen molar-refractivity contribution in [3.63, 3.8) is 0 Å². The lowest BCUT2D eigenvalue weighted by Crippen LogP contribution is -2.09. The number of anilines is 1. The first-order valence-electron chi connectivity index (χ1n) is 9.89. The highest BCUT2D eigenvalue weighted by Crippen LogP contribution is 2.36. The van der Waals surface area contributed by atoms with E-state index >= 15 is 0 Å². The molecule has 0 spiro atoms. The molecule has 0 atom stereocenters. The monoisotopic (exact) mass is 531 g/mol. The number of carbonyl (C=O) groups excluding carboxylic acids is 1. The summed E-state index contributed by atoms with van der Waals surface area (Å²) in [5.41, 5.74) is 2.26. The number of halogens is 2. The summed E-state index contributed by atoms with van der Waals surface area (Å²) < 4.78 is 22.7. The minimum Gasteiger partial charge on any atom is -0.495 e. The van der Waals surface area contributed by atoms with E-state index in [1.165, 1.54) is 13.2 Å². The van der Waals surface area contributed by atoms with Gasteiger partial charge in [0.25, 0.3) is 0 Å². The average Bonchev–Trinajstić information content (AvgIpc) is 2.83. The molecule has 0 radical (unpaired) electrons. The molecule has 0 saturated carbocycles. The fraction of sp³-hybridized carbons (Fsp3) is 0.160. The van der Waals surface area contributed by atoms with Gasteiger partial charge < -0.3 is 24.3 Å². The number of rotatable bonds is 9. The van der Waals surface area contributed by atoms with E-state index in [9.17, 15) is 4.79 Å². The molecule has 3 aromatic rings. The molecule has 0 saturated heterocycles. The van der Waals surface area contributed by atoms with Crippen molar-refractivity contribution in [2.75, 3.05) is 26.6 Å². The second kappa shape index (κ2) is 11.6. The Labute approximate surface area is 206 Å². The summed E-state index contributed by atoms with van der Waals surface area (Å²) in [6.45, 7) is 0.379. The third kappa shape index (κ3) is 6.66. The highest BCUT2D eigenvalue weighted by Gasteiger charge is 2.11. The van der Waals surface area contributed by atoms with Crippen LogP contribution in [0.5, 0.6) is 23.0 Å². The molecule has 0 aromatic heterocycles. The summed E-state index contributed by atoms with van der Waals surface area (Å²) in [5.74, 6) is 1.92. The van der Waals surface area contributed by atoms with Crippen molar-refractivity contribution in [1.82, 2.24) is 0 Å². The van der Waals surface area contributed by atoms with Crippen molar-refractivity contribution in [3.8, 4) is 23.0 Å². The zero-order valence-corrected chi connectivity index (χ0v) is 20.7. The summed E-state index contributed by atoms with van der Waals surface area (Å²) in [7, 11) is 4.65. The van der Waals surface area contributed by atoms with Gasteiger partial charge in [0, 0.05) is 23.2 Å². The fourth-order valence-corrected chi connectivity index (χ4v) is 3.56. The zero-order chi connectivity index (χ0) is 23.8. The zero-order valence-electron chi connectivity index (χ0n) is 18.4. The Morgan fingerprint density at radius 2 is 1.61 bits per heavy atom. The number of methoxy groups -OCH3 is 3. The molecule has 33 heavy (non-hydrogen) atoms. The molecule has 0 fully saturated rings. The standard InChI is InChI=1S/C25H23BrClNO5/c1-30-22-14-20(23(31-2)13-19(22)26)28-25(29)11-7-16-6-10-21(24(12-16)32-3)33-15-17-4-8-18(27)9-5-17/h4-14H,15H2,1-3H3,(H,28,29)/b11-7+. The number of hydrogen-bond acceptors (Lipinski definition) is 5. The SMILES string of the molecule is COc1cc(NC(=O)/C=C/c2ccc(OCc3ccc(Cl)cc3)c(OC)c2)c(OC)cc1Br. The molecule has 1 N–H and O–H groups in total. The Morgan fingerprint density at radius 1 is 0.909 bits per heavy atom. The van der Waals surface area contributed by atoms with Crippen LogP contribution in [0.4, 0.5) is 5.69 Å². The van der Waals surface area contributed by atoms with E-state index in [4.69, 9.17) is 30.5 Å². The van der Waals surface area contributed by atoms with Crippen molar-refractivity contribution in [2.24, 2.45) is 0 Å². The molecule has 1 amide bonds. The smallest absolute Gasteiger partial charge is 0.248 e. The summed E-state index contributed by atoms with van der Waals surface area (Å²) >= 11 is 9.31. The third-order valence-corrected chi connectivity index (χ3v) is 5.53. The van der Waals surface area contributed by atoms with Crippen LogP contribution in [0.3, 0.4) is 0 Å². The summed E-state index contributed by atoms with van der Waals surface area (Å²) in [4.78, 5) is 12.5. The number of nitrogens with one attached hydrogen (secondary N) is 1. The van der Waals surface area contributed by atoms with Crippen LogP contribution in [0.1, 0.15) is 11.1 Å². The van der Waals surface area contributed by atoms with Crippen LogP contribution in [-0.2, 0) is 11.4 Å². The van der Waals surface area contributed by atoms with Gasteiger partial charge in [0.15, 0.2) is 11.5 Å². The number of amides is 1. The van der Waals surface area contributed by atoms with Crippen LogP contribution in [-0.4, -0.2) is 27.2 Å². The van der Waals surface area contributed by atoms with Gasteiger partial charge in [-0.25, -0.2) is 0 Å². The molecule has 0 aliphatic heterocycles. The number of carbonyl (C=O) groups is 1. The van der Waals surface area contributed by atoms with Gasteiger partial charge in [-0.15, -0.1) is 0 Å². The van der Waals surface area contributed by atoms with Gasteiger partial charge in [-0.2, -0.15) is 0 Å². The Kier molecular flexibility index (Phi) is 8.63. The lowest BCUT2D eigenvalue weighted by Gasteiger charge is -2.12. The Balaban J connectivity index is 1.68. The van der Waals surface area contributed by atoms with Gasteiger partial charge in [0.2, 0.25) is 5.91 Å². The molecule has 3 aromatic carbocycles. The van der Waals surface area contributed by atoms with Crippen molar-refractivity contribution < 1.29 is 23.7 Å². The average molecular weight is 533 g/mol. The number of ether oxygens (including phenoxy) is 4. The summed E-state index contributed by atoms with van der Waals surface area (Å²) in [5, 5.41) is 3.47. The second-order valence-corrected chi connectivity index (χ2v) is 8.13. The van der Waals surface area contributed by atoms with Gasteiger partial charge in [0.05, 0.1) is 31.5 Å². The largest absolute Gasteiger partial charge is 0.495 e. The second-order valence-electron chi connectivity index (χ2n) is 6.84. The van der Waals surface area contributed by atoms with E-state index in [1.54, 1.807) is 44.6 Å². The van der Waals surface area contributed by atoms with E-state index in [0.29, 0.717) is 40.3 Å². The van der Waals surface area contributed by atoms with Gasteiger partial charge in [-0.05, 0) is 57.4 Å². The van der Waals surface area contributed by atoms with Gasteiger partial charge in [0.1, 0.15) is 18.1 Å². The van der Waals surface area contributed by atoms with Crippen LogP contribution >= 0.6 is 27.5 Å². The van der Waals surface area contributed by atoms with Crippen molar-refractivity contribution in [1.29, 1.82) is 0 Å². The number of benzene rings is 3. The maximum Gasteiger partial charge on any atom is 0.248 e. The van der Waals surface area contributed by atoms with E-state index in [-0.39, 0.29) is 5.91 Å². The summed E-state index contributed by atoms with van der Waals surface area (Å²) in [6, 6.07) is 16.3. The maximum absolute atomic E-state index is 12.5. The highest BCUT2D eigenvalue weighted by atomic mass is 79.9. The van der Waals surface area contributed by atoms with Gasteiger partial charge in [-0.1, -0.05) is 29.8 Å². The first-order valence-corrected chi connectivity index (χ1v) is 11.1. The predicted octanol–water partition coefficient (Wildman–Crippen LogP) is 6.36. The molecule has 6 nitrogen and oxygen atoms in total. The normalized spacial score (nSPS) is 10.7. The minimum atomic E-state index is -0.320.